The first kappa shape index (κ1) is 22.3. The van der Waals surface area contributed by atoms with E-state index in [4.69, 9.17) is 9.94 Å². The number of nitrogens with zero attached hydrogens (tertiary/aromatic N) is 1. The Labute approximate surface area is 177 Å². The summed E-state index contributed by atoms with van der Waals surface area (Å²) in [6.07, 6.45) is 0.367. The summed E-state index contributed by atoms with van der Waals surface area (Å²) in [4.78, 5) is 14.3. The van der Waals surface area contributed by atoms with E-state index in [1.807, 2.05) is 30.3 Å². The van der Waals surface area contributed by atoms with Crippen LogP contribution in [0.25, 0.3) is 0 Å². The Kier molecular flexibility index (Phi) is 6.80. The number of amides is 1. The van der Waals surface area contributed by atoms with Crippen LogP contribution in [0, 0.1) is 0 Å². The molecular formula is C22H28N2O5S. The summed E-state index contributed by atoms with van der Waals surface area (Å²) in [5, 5.41) is 9.01. The highest BCUT2D eigenvalue weighted by Gasteiger charge is 2.48. The van der Waals surface area contributed by atoms with Gasteiger partial charge in [0.25, 0.3) is 0 Å². The summed E-state index contributed by atoms with van der Waals surface area (Å²) in [5.74, 6) is 0.489. The molecule has 2 aromatic carbocycles. The predicted molar refractivity (Wildman–Crippen MR) is 113 cm³/mol. The van der Waals surface area contributed by atoms with Crippen molar-refractivity contribution in [3.8, 4) is 11.5 Å². The fourth-order valence-electron chi connectivity index (χ4n) is 3.88. The standard InChI is InChI=1S/C22H28N2O5S/c1-17(2)24-14-12-22(13-15-24,16-21(25)23-26)30(27,28)20-10-8-19(9-11-20)29-18-6-4-3-5-7-18/h3-11,17,26H,12-16H2,1-2H3,(H,23,25). The molecule has 0 aliphatic carbocycles. The van der Waals surface area contributed by atoms with Gasteiger partial charge in [-0.2, -0.15) is 0 Å². The molecule has 0 bridgehead atoms. The summed E-state index contributed by atoms with van der Waals surface area (Å²) in [5.41, 5.74) is 1.59. The number of hydroxylamine groups is 1. The van der Waals surface area contributed by atoms with Crippen LogP contribution in [-0.4, -0.2) is 48.3 Å². The Morgan fingerprint density at radius 1 is 1.07 bits per heavy atom. The number of ether oxygens (including phenoxy) is 1. The van der Waals surface area contributed by atoms with Crippen molar-refractivity contribution in [2.75, 3.05) is 13.1 Å². The van der Waals surface area contributed by atoms with E-state index in [-0.39, 0.29) is 11.3 Å². The lowest BCUT2D eigenvalue weighted by Gasteiger charge is -2.42. The third-order valence-electron chi connectivity index (χ3n) is 5.73. The Morgan fingerprint density at radius 3 is 2.17 bits per heavy atom. The quantitative estimate of drug-likeness (QED) is 0.514. The van der Waals surface area contributed by atoms with Crippen LogP contribution in [0.5, 0.6) is 11.5 Å². The van der Waals surface area contributed by atoms with Gasteiger partial charge < -0.3 is 9.64 Å². The van der Waals surface area contributed by atoms with E-state index in [0.29, 0.717) is 43.5 Å². The number of benzene rings is 2. The molecule has 2 N–H and O–H groups in total. The van der Waals surface area contributed by atoms with Crippen molar-refractivity contribution in [2.24, 2.45) is 0 Å². The van der Waals surface area contributed by atoms with Crippen molar-refractivity contribution in [3.05, 3.63) is 54.6 Å². The first-order valence-electron chi connectivity index (χ1n) is 10.0. The van der Waals surface area contributed by atoms with Crippen LogP contribution >= 0.6 is 0 Å². The fourth-order valence-corrected chi connectivity index (χ4v) is 5.92. The summed E-state index contributed by atoms with van der Waals surface area (Å²) in [6, 6.07) is 15.8. The molecule has 1 fully saturated rings. The van der Waals surface area contributed by atoms with Gasteiger partial charge in [-0.05, 0) is 76.2 Å². The molecule has 0 unspecified atom stereocenters. The average molecular weight is 433 g/mol. The molecule has 1 saturated heterocycles. The van der Waals surface area contributed by atoms with Crippen molar-refractivity contribution in [2.45, 2.75) is 48.8 Å². The molecule has 1 aliphatic rings. The zero-order valence-electron chi connectivity index (χ0n) is 17.2. The number of rotatable bonds is 7. The Hall–Kier alpha value is -2.42. The molecule has 0 aromatic heterocycles. The van der Waals surface area contributed by atoms with Gasteiger partial charge in [0.05, 0.1) is 9.64 Å². The predicted octanol–water partition coefficient (Wildman–Crippen LogP) is 3.39. The molecule has 3 rings (SSSR count). The molecule has 1 amide bonds. The lowest BCUT2D eigenvalue weighted by molar-refractivity contribution is -0.130. The molecule has 0 spiro atoms. The van der Waals surface area contributed by atoms with Crippen LogP contribution < -0.4 is 10.2 Å². The SMILES string of the molecule is CC(C)N1CCC(CC(=O)NO)(S(=O)(=O)c2ccc(Oc3ccccc3)cc2)CC1. The number of piperidine rings is 1. The number of hydrogen-bond donors (Lipinski definition) is 2. The number of sulfone groups is 1. The van der Waals surface area contributed by atoms with E-state index in [9.17, 15) is 13.2 Å². The van der Waals surface area contributed by atoms with Gasteiger partial charge in [0.2, 0.25) is 5.91 Å². The van der Waals surface area contributed by atoms with Crippen molar-refractivity contribution >= 4 is 15.7 Å². The van der Waals surface area contributed by atoms with E-state index in [0.717, 1.165) is 0 Å². The average Bonchev–Trinajstić information content (AvgIpc) is 2.75. The molecule has 8 heteroatoms. The molecule has 7 nitrogen and oxygen atoms in total. The minimum absolute atomic E-state index is 0.145. The maximum Gasteiger partial charge on any atom is 0.244 e. The van der Waals surface area contributed by atoms with Crippen LogP contribution in [-0.2, 0) is 14.6 Å². The van der Waals surface area contributed by atoms with Crippen LogP contribution in [0.15, 0.2) is 59.5 Å². The van der Waals surface area contributed by atoms with Gasteiger partial charge in [0.15, 0.2) is 9.84 Å². The number of carbonyl (C=O) groups is 1. The second kappa shape index (κ2) is 9.16. The van der Waals surface area contributed by atoms with Crippen LogP contribution in [0.3, 0.4) is 0 Å². The van der Waals surface area contributed by atoms with E-state index in [1.165, 1.54) is 12.1 Å². The van der Waals surface area contributed by atoms with Crippen LogP contribution in [0.2, 0.25) is 0 Å². The third kappa shape index (κ3) is 4.66. The Morgan fingerprint density at radius 2 is 1.63 bits per heavy atom. The maximum atomic E-state index is 13.6. The Bertz CT molecular complexity index is 951. The minimum atomic E-state index is -3.82. The van der Waals surface area contributed by atoms with E-state index in [1.54, 1.807) is 17.6 Å². The second-order valence-corrected chi connectivity index (χ2v) is 10.3. The van der Waals surface area contributed by atoms with Crippen molar-refractivity contribution in [1.82, 2.24) is 10.4 Å². The molecule has 0 atom stereocenters. The first-order chi connectivity index (χ1) is 14.3. The normalized spacial score (nSPS) is 16.9. The molecule has 2 aromatic rings. The monoisotopic (exact) mass is 432 g/mol. The van der Waals surface area contributed by atoms with E-state index < -0.39 is 20.5 Å². The summed E-state index contributed by atoms with van der Waals surface area (Å²) in [7, 11) is -3.82. The molecule has 1 heterocycles. The van der Waals surface area contributed by atoms with Crippen molar-refractivity contribution in [3.63, 3.8) is 0 Å². The highest BCUT2D eigenvalue weighted by molar-refractivity contribution is 7.92. The number of hydrogen-bond acceptors (Lipinski definition) is 6. The van der Waals surface area contributed by atoms with Crippen molar-refractivity contribution < 1.29 is 23.2 Å². The second-order valence-electron chi connectivity index (χ2n) is 7.91. The van der Waals surface area contributed by atoms with Crippen LogP contribution in [0.4, 0.5) is 0 Å². The van der Waals surface area contributed by atoms with Gasteiger partial charge in [-0.15, -0.1) is 0 Å². The molecule has 1 aliphatic heterocycles. The zero-order valence-corrected chi connectivity index (χ0v) is 18.1. The van der Waals surface area contributed by atoms with Gasteiger partial charge in [0, 0.05) is 12.5 Å². The van der Waals surface area contributed by atoms with E-state index in [2.05, 4.69) is 18.7 Å². The summed E-state index contributed by atoms with van der Waals surface area (Å²) in [6.45, 7) is 5.27. The summed E-state index contributed by atoms with van der Waals surface area (Å²) >= 11 is 0. The van der Waals surface area contributed by atoms with E-state index >= 15 is 0 Å². The molecule has 30 heavy (non-hydrogen) atoms. The number of para-hydroxylation sites is 1. The molecular weight excluding hydrogens is 404 g/mol. The fraction of sp³-hybridized carbons (Fsp3) is 0.409. The van der Waals surface area contributed by atoms with Crippen LogP contribution in [0.1, 0.15) is 33.1 Å². The highest BCUT2D eigenvalue weighted by Crippen LogP contribution is 2.39. The smallest absolute Gasteiger partial charge is 0.244 e. The molecule has 162 valence electrons. The van der Waals surface area contributed by atoms with Crippen molar-refractivity contribution in [1.29, 1.82) is 0 Å². The molecule has 0 radical (unpaired) electrons. The van der Waals surface area contributed by atoms with Gasteiger partial charge in [-0.1, -0.05) is 18.2 Å². The lowest BCUT2D eigenvalue weighted by Crippen LogP contribution is -2.52. The first-order valence-corrected chi connectivity index (χ1v) is 11.5. The van der Waals surface area contributed by atoms with Gasteiger partial charge in [0.1, 0.15) is 11.5 Å². The summed E-state index contributed by atoms with van der Waals surface area (Å²) < 4.78 is 31.7. The number of nitrogens with one attached hydrogen (secondary N) is 1. The lowest BCUT2D eigenvalue weighted by atomic mass is 9.91. The topological polar surface area (TPSA) is 95.9 Å². The van der Waals surface area contributed by atoms with Gasteiger partial charge >= 0.3 is 0 Å². The number of carbonyl (C=O) groups excluding carboxylic acids is 1. The Balaban J connectivity index is 1.86. The van der Waals surface area contributed by atoms with Gasteiger partial charge in [-0.25, -0.2) is 13.9 Å². The molecule has 0 saturated carbocycles. The van der Waals surface area contributed by atoms with Gasteiger partial charge in [-0.3, -0.25) is 10.0 Å². The maximum absolute atomic E-state index is 13.6. The largest absolute Gasteiger partial charge is 0.457 e. The number of likely N-dealkylation sites (tertiary alicyclic amines) is 1. The zero-order chi connectivity index (χ0) is 21.8. The minimum Gasteiger partial charge on any atom is -0.457 e. The highest BCUT2D eigenvalue weighted by atomic mass is 32.2. The third-order valence-corrected chi connectivity index (χ3v) is 8.32.